The average molecular weight is 410 g/mol. The summed E-state index contributed by atoms with van der Waals surface area (Å²) in [6.45, 7) is 4.60. The van der Waals surface area contributed by atoms with Crippen molar-refractivity contribution in [3.63, 3.8) is 0 Å². The minimum Gasteiger partial charge on any atom is -0.456 e. The van der Waals surface area contributed by atoms with Crippen LogP contribution in [0.3, 0.4) is 0 Å². The Morgan fingerprint density at radius 1 is 0.700 bits per heavy atom. The Bertz CT molecular complexity index is 1400. The van der Waals surface area contributed by atoms with Gasteiger partial charge >= 0.3 is 0 Å². The number of fused-ring (bicyclic) bond motifs is 5. The summed E-state index contributed by atoms with van der Waals surface area (Å²) in [6.07, 6.45) is 0. The van der Waals surface area contributed by atoms with E-state index >= 15 is 0 Å². The van der Waals surface area contributed by atoms with Gasteiger partial charge in [0.05, 0.1) is 11.4 Å². The fourth-order valence-corrected chi connectivity index (χ4v) is 4.99. The van der Waals surface area contributed by atoms with E-state index in [0.717, 1.165) is 27.6 Å². The number of hydrogen-bond donors (Lipinski definition) is 0. The van der Waals surface area contributed by atoms with Crippen molar-refractivity contribution in [2.24, 2.45) is 0 Å². The second kappa shape index (κ2) is 6.13. The lowest BCUT2D eigenvalue weighted by molar-refractivity contribution is 0.632. The molecule has 0 radical (unpaired) electrons. The van der Waals surface area contributed by atoms with Crippen molar-refractivity contribution < 1.29 is 4.42 Å². The molecule has 1 aliphatic heterocycles. The molecule has 3 heteroatoms. The maximum Gasteiger partial charge on any atom is 0.137 e. The zero-order chi connectivity index (χ0) is 20.5. The summed E-state index contributed by atoms with van der Waals surface area (Å²) in [5.74, 6) is 0. The number of benzene rings is 4. The van der Waals surface area contributed by atoms with Gasteiger partial charge in [-0.15, -0.1) is 0 Å². The third kappa shape index (κ3) is 2.37. The van der Waals surface area contributed by atoms with Gasteiger partial charge in [0.2, 0.25) is 0 Å². The van der Waals surface area contributed by atoms with E-state index in [1.165, 1.54) is 22.5 Å². The summed E-state index contributed by atoms with van der Waals surface area (Å²) < 4.78 is 6.17. The first-order valence-corrected chi connectivity index (χ1v) is 10.5. The van der Waals surface area contributed by atoms with Crippen LogP contribution in [0.15, 0.2) is 89.3 Å². The first-order valence-electron chi connectivity index (χ1n) is 10.1. The molecule has 0 N–H and O–H groups in total. The number of halogens is 1. The van der Waals surface area contributed by atoms with Crippen molar-refractivity contribution in [2.75, 3.05) is 4.90 Å². The molecule has 2 nitrogen and oxygen atoms in total. The molecule has 0 bridgehead atoms. The molecule has 0 spiro atoms. The predicted molar refractivity (Wildman–Crippen MR) is 126 cm³/mol. The van der Waals surface area contributed by atoms with Crippen LogP contribution in [-0.4, -0.2) is 0 Å². The van der Waals surface area contributed by atoms with E-state index in [9.17, 15) is 0 Å². The molecule has 0 unspecified atom stereocenters. The van der Waals surface area contributed by atoms with E-state index in [-0.39, 0.29) is 5.41 Å². The van der Waals surface area contributed by atoms with Gasteiger partial charge in [-0.1, -0.05) is 61.8 Å². The van der Waals surface area contributed by atoms with Crippen LogP contribution < -0.4 is 4.90 Å². The van der Waals surface area contributed by atoms with Crippen LogP contribution in [0.1, 0.15) is 25.0 Å². The molecule has 0 saturated heterocycles. The summed E-state index contributed by atoms with van der Waals surface area (Å²) in [5, 5.41) is 2.87. The van der Waals surface area contributed by atoms with Crippen LogP contribution in [0.25, 0.3) is 21.9 Å². The van der Waals surface area contributed by atoms with Gasteiger partial charge in [-0.05, 0) is 47.5 Å². The summed E-state index contributed by atoms with van der Waals surface area (Å²) in [7, 11) is 0. The summed E-state index contributed by atoms with van der Waals surface area (Å²) in [6, 6.07) is 29.6. The topological polar surface area (TPSA) is 16.4 Å². The standard InChI is InChI=1S/C27H20ClNO/c1-27(2)21-7-3-5-9-23(21)29(24-10-6-4-8-22(24)27)18-12-14-20-19-13-11-17(28)15-25(19)30-26(20)16-18/h3-16H,1-2H3. The van der Waals surface area contributed by atoms with Crippen molar-refractivity contribution in [1.82, 2.24) is 0 Å². The molecule has 0 fully saturated rings. The second-order valence-electron chi connectivity index (χ2n) is 8.42. The highest BCUT2D eigenvalue weighted by molar-refractivity contribution is 6.31. The normalized spacial score (nSPS) is 14.7. The fourth-order valence-electron chi connectivity index (χ4n) is 4.83. The Morgan fingerprint density at radius 3 is 1.93 bits per heavy atom. The van der Waals surface area contributed by atoms with Gasteiger partial charge in [-0.3, -0.25) is 0 Å². The van der Waals surface area contributed by atoms with Gasteiger partial charge in [0.1, 0.15) is 11.2 Å². The van der Waals surface area contributed by atoms with E-state index in [0.29, 0.717) is 5.02 Å². The van der Waals surface area contributed by atoms with Crippen molar-refractivity contribution in [3.8, 4) is 0 Å². The van der Waals surface area contributed by atoms with Crippen molar-refractivity contribution in [3.05, 3.63) is 101 Å². The molecule has 1 aliphatic rings. The van der Waals surface area contributed by atoms with E-state index < -0.39 is 0 Å². The first kappa shape index (κ1) is 17.6. The van der Waals surface area contributed by atoms with Gasteiger partial charge in [0.15, 0.2) is 0 Å². The number of nitrogens with zero attached hydrogens (tertiary/aromatic N) is 1. The van der Waals surface area contributed by atoms with Gasteiger partial charge < -0.3 is 9.32 Å². The predicted octanol–water partition coefficient (Wildman–Crippen LogP) is 8.35. The molecule has 6 rings (SSSR count). The summed E-state index contributed by atoms with van der Waals surface area (Å²) in [5.41, 5.74) is 7.76. The third-order valence-corrected chi connectivity index (χ3v) is 6.55. The highest BCUT2D eigenvalue weighted by Crippen LogP contribution is 2.52. The molecule has 30 heavy (non-hydrogen) atoms. The largest absolute Gasteiger partial charge is 0.456 e. The Balaban J connectivity index is 1.62. The monoisotopic (exact) mass is 409 g/mol. The third-order valence-electron chi connectivity index (χ3n) is 6.31. The van der Waals surface area contributed by atoms with Crippen LogP contribution in [0.2, 0.25) is 5.02 Å². The molecular formula is C27H20ClNO. The summed E-state index contributed by atoms with van der Waals surface area (Å²) >= 11 is 6.17. The minimum atomic E-state index is -0.0656. The second-order valence-corrected chi connectivity index (χ2v) is 8.85. The molecule has 0 atom stereocenters. The number of furan rings is 1. The molecule has 2 heterocycles. The van der Waals surface area contributed by atoms with Crippen LogP contribution >= 0.6 is 11.6 Å². The molecule has 4 aromatic carbocycles. The molecule has 0 amide bonds. The van der Waals surface area contributed by atoms with Crippen LogP contribution in [0, 0.1) is 0 Å². The van der Waals surface area contributed by atoms with Gasteiger partial charge in [-0.2, -0.15) is 0 Å². The zero-order valence-electron chi connectivity index (χ0n) is 16.8. The molecule has 5 aromatic rings. The lowest BCUT2D eigenvalue weighted by Gasteiger charge is -2.41. The lowest BCUT2D eigenvalue weighted by Crippen LogP contribution is -2.30. The van der Waals surface area contributed by atoms with Crippen LogP contribution in [0.5, 0.6) is 0 Å². The Kier molecular flexibility index (Phi) is 3.60. The fraction of sp³-hybridized carbons (Fsp3) is 0.111. The maximum atomic E-state index is 6.17. The summed E-state index contributed by atoms with van der Waals surface area (Å²) in [4.78, 5) is 2.34. The van der Waals surface area contributed by atoms with E-state index in [1.807, 2.05) is 18.2 Å². The van der Waals surface area contributed by atoms with Crippen LogP contribution in [0.4, 0.5) is 17.1 Å². The van der Waals surface area contributed by atoms with Crippen LogP contribution in [-0.2, 0) is 5.41 Å². The minimum absolute atomic E-state index is 0.0656. The van der Waals surface area contributed by atoms with E-state index in [1.54, 1.807) is 0 Å². The number of hydrogen-bond acceptors (Lipinski definition) is 2. The number of rotatable bonds is 1. The Morgan fingerprint density at radius 2 is 1.27 bits per heavy atom. The van der Waals surface area contributed by atoms with Crippen molar-refractivity contribution in [1.29, 1.82) is 0 Å². The smallest absolute Gasteiger partial charge is 0.137 e. The van der Waals surface area contributed by atoms with Gasteiger partial charge in [-0.25, -0.2) is 0 Å². The molecule has 1 aromatic heterocycles. The highest BCUT2D eigenvalue weighted by atomic mass is 35.5. The molecule has 0 aliphatic carbocycles. The molecule has 146 valence electrons. The average Bonchev–Trinajstić information content (AvgIpc) is 3.11. The van der Waals surface area contributed by atoms with Crippen molar-refractivity contribution in [2.45, 2.75) is 19.3 Å². The van der Waals surface area contributed by atoms with Gasteiger partial charge in [0.25, 0.3) is 0 Å². The van der Waals surface area contributed by atoms with Gasteiger partial charge in [0, 0.05) is 39.0 Å². The van der Waals surface area contributed by atoms with E-state index in [2.05, 4.69) is 85.5 Å². The molecular weight excluding hydrogens is 390 g/mol. The SMILES string of the molecule is CC1(C)c2ccccc2N(c2ccc3c(c2)oc2cc(Cl)ccc23)c2ccccc21. The zero-order valence-corrected chi connectivity index (χ0v) is 17.6. The molecule has 0 saturated carbocycles. The highest BCUT2D eigenvalue weighted by Gasteiger charge is 2.36. The first-order chi connectivity index (χ1) is 14.5. The maximum absolute atomic E-state index is 6.17. The Hall–Kier alpha value is -3.23. The quantitative estimate of drug-likeness (QED) is 0.276. The van der Waals surface area contributed by atoms with E-state index in [4.69, 9.17) is 16.0 Å². The van der Waals surface area contributed by atoms with Crippen molar-refractivity contribution >= 4 is 50.6 Å². The number of para-hydroxylation sites is 2. The lowest BCUT2D eigenvalue weighted by atomic mass is 9.73. The Labute approximate surface area is 180 Å². The number of anilines is 3.